The Morgan fingerprint density at radius 2 is 1.78 bits per heavy atom. The van der Waals surface area contributed by atoms with Crippen LogP contribution in [0.5, 0.6) is 0 Å². The van der Waals surface area contributed by atoms with Crippen LogP contribution < -0.4 is 0 Å². The molecule has 1 saturated carbocycles. The number of methoxy groups -OCH3 is 1. The minimum Gasteiger partial charge on any atom is -0.378 e. The second-order valence-electron chi connectivity index (χ2n) is 7.24. The molecule has 1 atom stereocenters. The zero-order valence-corrected chi connectivity index (χ0v) is 13.9. The predicted octanol–water partition coefficient (Wildman–Crippen LogP) is 3.00. The topological polar surface area (TPSA) is 38.8 Å². The fourth-order valence-corrected chi connectivity index (χ4v) is 4.35. The van der Waals surface area contributed by atoms with Crippen LogP contribution in [-0.2, 0) is 14.3 Å². The first-order valence-corrected chi connectivity index (χ1v) is 8.79. The van der Waals surface area contributed by atoms with Gasteiger partial charge >= 0.3 is 0 Å². The number of rotatable bonds is 2. The SMILES string of the molecule is COC1CCCOC12CCN(C(=O)C1CCC(F)(F)CC1)CC2. The minimum atomic E-state index is -2.58. The van der Waals surface area contributed by atoms with Crippen LogP contribution in [0, 0.1) is 5.92 Å². The van der Waals surface area contributed by atoms with E-state index in [1.807, 2.05) is 4.90 Å². The number of piperidine rings is 1. The van der Waals surface area contributed by atoms with Gasteiger partial charge in [-0.05, 0) is 38.5 Å². The molecule has 1 unspecified atom stereocenters. The Hall–Kier alpha value is -0.750. The molecule has 3 fully saturated rings. The summed E-state index contributed by atoms with van der Waals surface area (Å²) < 4.78 is 38.2. The lowest BCUT2D eigenvalue weighted by molar-refractivity contribution is -0.189. The third-order valence-corrected chi connectivity index (χ3v) is 5.86. The maximum Gasteiger partial charge on any atom is 0.248 e. The van der Waals surface area contributed by atoms with Crippen LogP contribution in [0.15, 0.2) is 0 Å². The average Bonchev–Trinajstić information content (AvgIpc) is 2.55. The Balaban J connectivity index is 1.55. The summed E-state index contributed by atoms with van der Waals surface area (Å²) in [7, 11) is 1.72. The van der Waals surface area contributed by atoms with E-state index in [0.29, 0.717) is 25.9 Å². The van der Waals surface area contributed by atoms with Crippen molar-refractivity contribution in [2.24, 2.45) is 5.92 Å². The van der Waals surface area contributed by atoms with Gasteiger partial charge in [0.25, 0.3) is 0 Å². The molecule has 0 bridgehead atoms. The van der Waals surface area contributed by atoms with E-state index < -0.39 is 5.92 Å². The van der Waals surface area contributed by atoms with Gasteiger partial charge in [-0.3, -0.25) is 4.79 Å². The molecule has 4 nitrogen and oxygen atoms in total. The second kappa shape index (κ2) is 6.63. The third-order valence-electron chi connectivity index (χ3n) is 5.86. The first-order chi connectivity index (χ1) is 11.0. The first-order valence-electron chi connectivity index (χ1n) is 8.79. The number of alkyl halides is 2. The molecule has 23 heavy (non-hydrogen) atoms. The molecule has 2 heterocycles. The Kier molecular flexibility index (Phi) is 4.93. The molecule has 0 radical (unpaired) electrons. The van der Waals surface area contributed by atoms with E-state index in [-0.39, 0.29) is 36.4 Å². The number of hydrogen-bond acceptors (Lipinski definition) is 3. The van der Waals surface area contributed by atoms with Crippen molar-refractivity contribution in [2.75, 3.05) is 26.8 Å². The standard InChI is InChI=1S/C17H27F2NO3/c1-22-14-3-2-12-23-16(14)8-10-20(11-9-16)15(21)13-4-6-17(18,19)7-5-13/h13-14H,2-12H2,1H3. The summed E-state index contributed by atoms with van der Waals surface area (Å²) in [5, 5.41) is 0. The first kappa shape index (κ1) is 17.1. The molecule has 0 aromatic heterocycles. The highest BCUT2D eigenvalue weighted by Crippen LogP contribution is 2.39. The maximum absolute atomic E-state index is 13.2. The molecule has 0 N–H and O–H groups in total. The highest BCUT2D eigenvalue weighted by Gasteiger charge is 2.46. The average molecular weight is 331 g/mol. The molecule has 2 aliphatic heterocycles. The number of likely N-dealkylation sites (tertiary alicyclic amines) is 1. The summed E-state index contributed by atoms with van der Waals surface area (Å²) in [6.07, 6.45) is 3.98. The Labute approximate surface area is 136 Å². The van der Waals surface area contributed by atoms with Gasteiger partial charge in [-0.1, -0.05) is 0 Å². The minimum absolute atomic E-state index is 0.0557. The quantitative estimate of drug-likeness (QED) is 0.781. The van der Waals surface area contributed by atoms with Gasteiger partial charge in [0.1, 0.15) is 0 Å². The third kappa shape index (κ3) is 3.53. The number of ether oxygens (including phenoxy) is 2. The zero-order chi connectivity index (χ0) is 16.5. The molecule has 1 spiro atoms. The van der Waals surface area contributed by atoms with Crippen LogP contribution in [0.2, 0.25) is 0 Å². The van der Waals surface area contributed by atoms with Crippen LogP contribution in [0.1, 0.15) is 51.4 Å². The zero-order valence-electron chi connectivity index (χ0n) is 13.9. The molecule has 0 aromatic carbocycles. The van der Waals surface area contributed by atoms with Gasteiger partial charge in [0.05, 0.1) is 11.7 Å². The van der Waals surface area contributed by atoms with Gasteiger partial charge in [-0.25, -0.2) is 8.78 Å². The van der Waals surface area contributed by atoms with Gasteiger partial charge in [-0.15, -0.1) is 0 Å². The largest absolute Gasteiger partial charge is 0.378 e. The number of carbonyl (C=O) groups excluding carboxylic acids is 1. The van der Waals surface area contributed by atoms with Crippen molar-refractivity contribution in [3.8, 4) is 0 Å². The van der Waals surface area contributed by atoms with Crippen molar-refractivity contribution >= 4 is 5.91 Å². The van der Waals surface area contributed by atoms with E-state index in [0.717, 1.165) is 32.3 Å². The number of hydrogen-bond donors (Lipinski definition) is 0. The van der Waals surface area contributed by atoms with Crippen molar-refractivity contribution in [1.82, 2.24) is 4.90 Å². The van der Waals surface area contributed by atoms with Crippen LogP contribution in [0.3, 0.4) is 0 Å². The van der Waals surface area contributed by atoms with E-state index >= 15 is 0 Å². The van der Waals surface area contributed by atoms with Gasteiger partial charge in [0.15, 0.2) is 0 Å². The number of amides is 1. The summed E-state index contributed by atoms with van der Waals surface area (Å²) in [4.78, 5) is 14.4. The second-order valence-corrected chi connectivity index (χ2v) is 7.24. The normalized spacial score (nSPS) is 31.3. The molecule has 3 rings (SSSR count). The van der Waals surface area contributed by atoms with Gasteiger partial charge < -0.3 is 14.4 Å². The molecule has 2 saturated heterocycles. The monoisotopic (exact) mass is 331 g/mol. The van der Waals surface area contributed by atoms with Crippen molar-refractivity contribution in [1.29, 1.82) is 0 Å². The summed E-state index contributed by atoms with van der Waals surface area (Å²) in [5.41, 5.74) is -0.261. The highest BCUT2D eigenvalue weighted by atomic mass is 19.3. The van der Waals surface area contributed by atoms with Crippen molar-refractivity contribution < 1.29 is 23.0 Å². The van der Waals surface area contributed by atoms with E-state index in [9.17, 15) is 13.6 Å². The molecule has 1 amide bonds. The number of halogens is 2. The molecule has 3 aliphatic rings. The molecule has 6 heteroatoms. The number of carbonyl (C=O) groups is 1. The van der Waals surface area contributed by atoms with E-state index in [2.05, 4.69) is 0 Å². The molecular formula is C17H27F2NO3. The Morgan fingerprint density at radius 3 is 2.39 bits per heavy atom. The molecule has 132 valence electrons. The van der Waals surface area contributed by atoms with Crippen molar-refractivity contribution in [3.05, 3.63) is 0 Å². The van der Waals surface area contributed by atoms with Crippen molar-refractivity contribution in [3.63, 3.8) is 0 Å². The van der Waals surface area contributed by atoms with Crippen LogP contribution in [-0.4, -0.2) is 55.2 Å². The molecular weight excluding hydrogens is 304 g/mol. The van der Waals surface area contributed by atoms with Crippen LogP contribution in [0.25, 0.3) is 0 Å². The molecule has 1 aliphatic carbocycles. The van der Waals surface area contributed by atoms with Gasteiger partial charge in [0, 0.05) is 45.6 Å². The van der Waals surface area contributed by atoms with Crippen LogP contribution in [0.4, 0.5) is 8.78 Å². The van der Waals surface area contributed by atoms with Crippen molar-refractivity contribution in [2.45, 2.75) is 69.0 Å². The highest BCUT2D eigenvalue weighted by molar-refractivity contribution is 5.79. The maximum atomic E-state index is 13.2. The predicted molar refractivity (Wildman–Crippen MR) is 81.4 cm³/mol. The van der Waals surface area contributed by atoms with E-state index in [1.165, 1.54) is 0 Å². The number of nitrogens with zero attached hydrogens (tertiary/aromatic N) is 1. The lowest BCUT2D eigenvalue weighted by atomic mass is 9.80. The Morgan fingerprint density at radius 1 is 1.13 bits per heavy atom. The Bertz CT molecular complexity index is 426. The smallest absolute Gasteiger partial charge is 0.248 e. The lowest BCUT2D eigenvalue weighted by Gasteiger charge is -2.48. The summed E-state index contributed by atoms with van der Waals surface area (Å²) >= 11 is 0. The van der Waals surface area contributed by atoms with Gasteiger partial charge in [-0.2, -0.15) is 0 Å². The lowest BCUT2D eigenvalue weighted by Crippen LogP contribution is -2.57. The molecule has 0 aromatic rings. The van der Waals surface area contributed by atoms with E-state index in [4.69, 9.17) is 9.47 Å². The summed E-state index contributed by atoms with van der Waals surface area (Å²) in [5.74, 6) is -2.75. The van der Waals surface area contributed by atoms with Gasteiger partial charge in [0.2, 0.25) is 11.8 Å². The fourth-order valence-electron chi connectivity index (χ4n) is 4.35. The summed E-state index contributed by atoms with van der Waals surface area (Å²) in [6.45, 7) is 2.04. The van der Waals surface area contributed by atoms with E-state index in [1.54, 1.807) is 7.11 Å². The fraction of sp³-hybridized carbons (Fsp3) is 0.941. The summed E-state index contributed by atoms with van der Waals surface area (Å²) in [6, 6.07) is 0. The van der Waals surface area contributed by atoms with Crippen LogP contribution >= 0.6 is 0 Å².